The van der Waals surface area contributed by atoms with Crippen molar-refractivity contribution in [2.75, 3.05) is 31.1 Å². The quantitative estimate of drug-likeness (QED) is 0.772. The minimum atomic E-state index is 0.193. The average molecular weight is 272 g/mol. The van der Waals surface area contributed by atoms with Crippen LogP contribution in [0.25, 0.3) is 0 Å². The van der Waals surface area contributed by atoms with Gasteiger partial charge in [-0.2, -0.15) is 11.8 Å². The monoisotopic (exact) mass is 272 g/mol. The molecule has 1 saturated heterocycles. The van der Waals surface area contributed by atoms with E-state index in [0.717, 1.165) is 36.9 Å². The third-order valence-corrected chi connectivity index (χ3v) is 4.24. The first-order chi connectivity index (χ1) is 8.58. The van der Waals surface area contributed by atoms with Crippen LogP contribution in [0.3, 0.4) is 0 Å². The van der Waals surface area contributed by atoms with Gasteiger partial charge in [-0.25, -0.2) is 0 Å². The molecule has 0 saturated carbocycles. The Morgan fingerprint density at radius 2 is 1.89 bits per heavy atom. The lowest BCUT2D eigenvalue weighted by Crippen LogP contribution is -2.43. The first-order valence-electron chi connectivity index (χ1n) is 7.17. The van der Waals surface area contributed by atoms with Crippen molar-refractivity contribution in [1.82, 2.24) is 10.2 Å². The zero-order valence-electron chi connectivity index (χ0n) is 12.1. The van der Waals surface area contributed by atoms with Gasteiger partial charge in [0.2, 0.25) is 5.91 Å². The lowest BCUT2D eigenvalue weighted by Gasteiger charge is -2.26. The minimum Gasteiger partial charge on any atom is -0.353 e. The van der Waals surface area contributed by atoms with Crippen LogP contribution < -0.4 is 5.32 Å². The molecule has 1 heterocycles. The van der Waals surface area contributed by atoms with E-state index in [9.17, 15) is 4.79 Å². The molecule has 4 heteroatoms. The first-order valence-corrected chi connectivity index (χ1v) is 8.33. The molecule has 0 radical (unpaired) electrons. The van der Waals surface area contributed by atoms with Gasteiger partial charge >= 0.3 is 0 Å². The van der Waals surface area contributed by atoms with Crippen LogP contribution in [-0.4, -0.2) is 48.0 Å². The lowest BCUT2D eigenvalue weighted by atomic mass is 10.0. The maximum Gasteiger partial charge on any atom is 0.234 e. The summed E-state index contributed by atoms with van der Waals surface area (Å²) in [5, 5.41) is 3.11. The molecule has 1 amide bonds. The SMILES string of the molecule is CC(C)CCCC(C)NC(=O)CN1CCSCC1. The maximum atomic E-state index is 11.9. The number of nitrogens with zero attached hydrogens (tertiary/aromatic N) is 1. The molecule has 18 heavy (non-hydrogen) atoms. The molecule has 1 unspecified atom stereocenters. The zero-order chi connectivity index (χ0) is 13.4. The average Bonchev–Trinajstić information content (AvgIpc) is 2.29. The Bertz CT molecular complexity index is 240. The Labute approximate surface area is 116 Å². The predicted molar refractivity (Wildman–Crippen MR) is 80.1 cm³/mol. The van der Waals surface area contributed by atoms with E-state index in [1.54, 1.807) is 0 Å². The summed E-state index contributed by atoms with van der Waals surface area (Å²) in [6.07, 6.45) is 3.56. The van der Waals surface area contributed by atoms with Gasteiger partial charge in [-0.3, -0.25) is 9.69 Å². The summed E-state index contributed by atoms with van der Waals surface area (Å²) in [6, 6.07) is 0.315. The van der Waals surface area contributed by atoms with Crippen molar-refractivity contribution in [3.05, 3.63) is 0 Å². The van der Waals surface area contributed by atoms with Crippen molar-refractivity contribution in [1.29, 1.82) is 0 Å². The third-order valence-electron chi connectivity index (χ3n) is 3.30. The molecular formula is C14H28N2OS. The summed E-state index contributed by atoms with van der Waals surface area (Å²) >= 11 is 1.98. The Morgan fingerprint density at radius 3 is 2.50 bits per heavy atom. The standard InChI is InChI=1S/C14H28N2OS/c1-12(2)5-4-6-13(3)15-14(17)11-16-7-9-18-10-8-16/h12-13H,4-11H2,1-3H3,(H,15,17). The van der Waals surface area contributed by atoms with Gasteiger partial charge in [-0.1, -0.05) is 26.7 Å². The van der Waals surface area contributed by atoms with Crippen LogP contribution in [0.15, 0.2) is 0 Å². The number of hydrogen-bond acceptors (Lipinski definition) is 3. The first kappa shape index (κ1) is 15.8. The molecule has 1 fully saturated rings. The fourth-order valence-electron chi connectivity index (χ4n) is 2.19. The van der Waals surface area contributed by atoms with Crippen LogP contribution >= 0.6 is 11.8 Å². The number of amides is 1. The molecule has 0 bridgehead atoms. The van der Waals surface area contributed by atoms with Crippen LogP contribution in [0.4, 0.5) is 0 Å². The molecule has 0 aromatic rings. The number of carbonyl (C=O) groups excluding carboxylic acids is 1. The normalized spacial score (nSPS) is 18.9. The van der Waals surface area contributed by atoms with E-state index >= 15 is 0 Å². The summed E-state index contributed by atoms with van der Waals surface area (Å²) in [5.41, 5.74) is 0. The van der Waals surface area contributed by atoms with Crippen LogP contribution in [0, 0.1) is 5.92 Å². The second-order valence-corrected chi connectivity index (χ2v) is 6.91. The fraction of sp³-hybridized carbons (Fsp3) is 0.929. The molecule has 0 aromatic heterocycles. The van der Waals surface area contributed by atoms with Crippen molar-refractivity contribution in [3.8, 4) is 0 Å². The van der Waals surface area contributed by atoms with Crippen LogP contribution in [-0.2, 0) is 4.79 Å². The largest absolute Gasteiger partial charge is 0.353 e. The molecular weight excluding hydrogens is 244 g/mol. The van der Waals surface area contributed by atoms with E-state index in [4.69, 9.17) is 0 Å². The zero-order valence-corrected chi connectivity index (χ0v) is 12.9. The molecule has 0 spiro atoms. The molecule has 106 valence electrons. The smallest absolute Gasteiger partial charge is 0.234 e. The van der Waals surface area contributed by atoms with Crippen molar-refractivity contribution in [3.63, 3.8) is 0 Å². The summed E-state index contributed by atoms with van der Waals surface area (Å²) in [4.78, 5) is 14.1. The van der Waals surface area contributed by atoms with Gasteiger partial charge in [0.05, 0.1) is 6.54 Å². The van der Waals surface area contributed by atoms with Gasteiger partial charge in [0.15, 0.2) is 0 Å². The van der Waals surface area contributed by atoms with E-state index in [-0.39, 0.29) is 5.91 Å². The summed E-state index contributed by atoms with van der Waals surface area (Å²) in [5.74, 6) is 3.28. The van der Waals surface area contributed by atoms with Gasteiger partial charge in [0.1, 0.15) is 0 Å². The van der Waals surface area contributed by atoms with Gasteiger partial charge in [0.25, 0.3) is 0 Å². The van der Waals surface area contributed by atoms with E-state index < -0.39 is 0 Å². The predicted octanol–water partition coefficient (Wildman–Crippen LogP) is 2.37. The summed E-state index contributed by atoms with van der Waals surface area (Å²) in [7, 11) is 0. The van der Waals surface area contributed by atoms with Gasteiger partial charge in [-0.05, 0) is 19.3 Å². The highest BCUT2D eigenvalue weighted by Gasteiger charge is 2.15. The number of rotatable bonds is 7. The summed E-state index contributed by atoms with van der Waals surface area (Å²) < 4.78 is 0. The second kappa shape index (κ2) is 8.81. The third kappa shape index (κ3) is 7.27. The molecule has 1 aliphatic heterocycles. The Kier molecular flexibility index (Phi) is 7.75. The van der Waals surface area contributed by atoms with Gasteiger partial charge < -0.3 is 5.32 Å². The topological polar surface area (TPSA) is 32.3 Å². The molecule has 0 aliphatic carbocycles. The van der Waals surface area contributed by atoms with E-state index in [1.807, 2.05) is 11.8 Å². The highest BCUT2D eigenvalue weighted by atomic mass is 32.2. The second-order valence-electron chi connectivity index (χ2n) is 5.68. The maximum absolute atomic E-state index is 11.9. The van der Waals surface area contributed by atoms with Crippen molar-refractivity contribution < 1.29 is 4.79 Å². The van der Waals surface area contributed by atoms with Crippen molar-refractivity contribution >= 4 is 17.7 Å². The van der Waals surface area contributed by atoms with Crippen molar-refractivity contribution in [2.45, 2.75) is 46.1 Å². The Hall–Kier alpha value is -0.220. The highest BCUT2D eigenvalue weighted by Crippen LogP contribution is 2.09. The van der Waals surface area contributed by atoms with E-state index in [2.05, 4.69) is 31.0 Å². The van der Waals surface area contributed by atoms with Crippen LogP contribution in [0.5, 0.6) is 0 Å². The van der Waals surface area contributed by atoms with Gasteiger partial charge in [0, 0.05) is 30.6 Å². The molecule has 1 rings (SSSR count). The minimum absolute atomic E-state index is 0.193. The molecule has 1 N–H and O–H groups in total. The molecule has 3 nitrogen and oxygen atoms in total. The van der Waals surface area contributed by atoms with Gasteiger partial charge in [-0.15, -0.1) is 0 Å². The lowest BCUT2D eigenvalue weighted by molar-refractivity contribution is -0.122. The van der Waals surface area contributed by atoms with E-state index in [0.29, 0.717) is 12.6 Å². The number of hydrogen-bond donors (Lipinski definition) is 1. The van der Waals surface area contributed by atoms with Crippen LogP contribution in [0.1, 0.15) is 40.0 Å². The molecule has 1 atom stereocenters. The Morgan fingerprint density at radius 1 is 1.22 bits per heavy atom. The number of nitrogens with one attached hydrogen (secondary N) is 1. The number of carbonyl (C=O) groups is 1. The fourth-order valence-corrected chi connectivity index (χ4v) is 3.17. The van der Waals surface area contributed by atoms with E-state index in [1.165, 1.54) is 12.8 Å². The summed E-state index contributed by atoms with van der Waals surface area (Å²) in [6.45, 7) is 9.30. The van der Waals surface area contributed by atoms with Crippen molar-refractivity contribution in [2.24, 2.45) is 5.92 Å². The molecule has 1 aliphatic rings. The Balaban J connectivity index is 2.10. The highest BCUT2D eigenvalue weighted by molar-refractivity contribution is 7.99. The van der Waals surface area contributed by atoms with Crippen LogP contribution in [0.2, 0.25) is 0 Å². The molecule has 0 aromatic carbocycles. The number of thioether (sulfide) groups is 1.